The summed E-state index contributed by atoms with van der Waals surface area (Å²) in [5.74, 6) is 0.704. The Morgan fingerprint density at radius 1 is 1.59 bits per heavy atom. The van der Waals surface area contributed by atoms with Crippen LogP contribution < -0.4 is 10.6 Å². The van der Waals surface area contributed by atoms with Gasteiger partial charge in [-0.3, -0.25) is 0 Å². The van der Waals surface area contributed by atoms with Crippen LogP contribution in [0, 0.1) is 6.92 Å². The summed E-state index contributed by atoms with van der Waals surface area (Å²) in [6.45, 7) is 2.64. The van der Waals surface area contributed by atoms with Gasteiger partial charge in [-0.15, -0.1) is 0 Å². The normalized spacial score (nSPS) is 19.4. The van der Waals surface area contributed by atoms with Crippen LogP contribution in [0.5, 0.6) is 0 Å². The zero-order valence-electron chi connectivity index (χ0n) is 10.0. The van der Waals surface area contributed by atoms with Crippen LogP contribution in [0.2, 0.25) is 0 Å². The highest BCUT2D eigenvalue weighted by molar-refractivity contribution is 5.80. The molecular formula is C11H16N4O2. The number of methoxy groups -OCH3 is 1. The SMILES string of the molecule is COC(=O)C1CCCN1c1cc(C)nc(N)n1. The number of hydrogen-bond donors (Lipinski definition) is 1. The van der Waals surface area contributed by atoms with Gasteiger partial charge in [-0.05, 0) is 19.8 Å². The fourth-order valence-electron chi connectivity index (χ4n) is 2.14. The van der Waals surface area contributed by atoms with Gasteiger partial charge in [0.05, 0.1) is 7.11 Å². The second kappa shape index (κ2) is 4.57. The molecule has 1 saturated heterocycles. The molecule has 6 heteroatoms. The second-order valence-corrected chi connectivity index (χ2v) is 4.10. The van der Waals surface area contributed by atoms with E-state index < -0.39 is 0 Å². The maximum atomic E-state index is 11.6. The van der Waals surface area contributed by atoms with E-state index in [0.717, 1.165) is 25.1 Å². The van der Waals surface area contributed by atoms with Crippen LogP contribution in [0.3, 0.4) is 0 Å². The third-order valence-electron chi connectivity index (χ3n) is 2.88. The number of ether oxygens (including phenoxy) is 1. The van der Waals surface area contributed by atoms with E-state index in [0.29, 0.717) is 5.82 Å². The molecule has 1 aliphatic rings. The molecule has 2 rings (SSSR count). The van der Waals surface area contributed by atoms with E-state index in [1.54, 1.807) is 0 Å². The molecule has 0 aromatic carbocycles. The average molecular weight is 236 g/mol. The third kappa shape index (κ3) is 2.30. The zero-order chi connectivity index (χ0) is 12.4. The topological polar surface area (TPSA) is 81.3 Å². The van der Waals surface area contributed by atoms with Gasteiger partial charge in [0.1, 0.15) is 11.9 Å². The fraction of sp³-hybridized carbons (Fsp3) is 0.545. The van der Waals surface area contributed by atoms with Crippen LogP contribution >= 0.6 is 0 Å². The summed E-state index contributed by atoms with van der Waals surface area (Å²) in [5, 5.41) is 0. The van der Waals surface area contributed by atoms with Crippen molar-refractivity contribution in [3.05, 3.63) is 11.8 Å². The maximum absolute atomic E-state index is 11.6. The van der Waals surface area contributed by atoms with E-state index in [1.807, 2.05) is 17.9 Å². The zero-order valence-corrected chi connectivity index (χ0v) is 10.0. The Hall–Kier alpha value is -1.85. The number of nitrogen functional groups attached to an aromatic ring is 1. The minimum Gasteiger partial charge on any atom is -0.467 e. The van der Waals surface area contributed by atoms with E-state index in [9.17, 15) is 4.79 Å². The number of anilines is 2. The van der Waals surface area contributed by atoms with Gasteiger partial charge < -0.3 is 15.4 Å². The van der Waals surface area contributed by atoms with Crippen molar-refractivity contribution < 1.29 is 9.53 Å². The monoisotopic (exact) mass is 236 g/mol. The van der Waals surface area contributed by atoms with E-state index in [-0.39, 0.29) is 18.0 Å². The number of rotatable bonds is 2. The first-order valence-electron chi connectivity index (χ1n) is 5.57. The van der Waals surface area contributed by atoms with Gasteiger partial charge in [-0.25, -0.2) is 9.78 Å². The van der Waals surface area contributed by atoms with Crippen LogP contribution in [0.15, 0.2) is 6.07 Å². The molecule has 1 aliphatic heterocycles. The van der Waals surface area contributed by atoms with Gasteiger partial charge >= 0.3 is 5.97 Å². The molecule has 2 N–H and O–H groups in total. The van der Waals surface area contributed by atoms with E-state index in [1.165, 1.54) is 7.11 Å². The smallest absolute Gasteiger partial charge is 0.328 e. The molecule has 0 saturated carbocycles. The lowest BCUT2D eigenvalue weighted by Crippen LogP contribution is -2.37. The largest absolute Gasteiger partial charge is 0.467 e. The predicted molar refractivity (Wildman–Crippen MR) is 63.6 cm³/mol. The van der Waals surface area contributed by atoms with Crippen molar-refractivity contribution in [2.75, 3.05) is 24.3 Å². The lowest BCUT2D eigenvalue weighted by Gasteiger charge is -2.23. The minimum atomic E-state index is -0.256. The molecule has 1 atom stereocenters. The first kappa shape index (κ1) is 11.6. The minimum absolute atomic E-state index is 0.225. The van der Waals surface area contributed by atoms with Gasteiger partial charge in [0.25, 0.3) is 0 Å². The van der Waals surface area contributed by atoms with Crippen LogP contribution in [0.4, 0.5) is 11.8 Å². The average Bonchev–Trinajstić information content (AvgIpc) is 2.75. The van der Waals surface area contributed by atoms with Gasteiger partial charge in [0, 0.05) is 18.3 Å². The summed E-state index contributed by atoms with van der Waals surface area (Å²) in [5.41, 5.74) is 6.41. The Morgan fingerprint density at radius 3 is 3.00 bits per heavy atom. The van der Waals surface area contributed by atoms with Crippen LogP contribution in [-0.4, -0.2) is 35.6 Å². The summed E-state index contributed by atoms with van der Waals surface area (Å²) < 4.78 is 4.79. The number of nitrogens with two attached hydrogens (primary N) is 1. The van der Waals surface area contributed by atoms with E-state index >= 15 is 0 Å². The number of aromatic nitrogens is 2. The molecule has 1 fully saturated rings. The van der Waals surface area contributed by atoms with Crippen molar-refractivity contribution in [3.63, 3.8) is 0 Å². The first-order valence-corrected chi connectivity index (χ1v) is 5.57. The lowest BCUT2D eigenvalue weighted by atomic mass is 10.2. The van der Waals surface area contributed by atoms with Crippen LogP contribution in [0.1, 0.15) is 18.5 Å². The summed E-state index contributed by atoms with van der Waals surface area (Å²) in [6, 6.07) is 1.58. The van der Waals surface area contributed by atoms with Gasteiger partial charge in [-0.2, -0.15) is 4.98 Å². The predicted octanol–water partition coefficient (Wildman–Crippen LogP) is 0.509. The Balaban J connectivity index is 2.28. The van der Waals surface area contributed by atoms with Crippen molar-refractivity contribution in [1.82, 2.24) is 9.97 Å². The van der Waals surface area contributed by atoms with Gasteiger partial charge in [0.15, 0.2) is 0 Å². The first-order chi connectivity index (χ1) is 8.11. The molecule has 0 amide bonds. The second-order valence-electron chi connectivity index (χ2n) is 4.10. The van der Waals surface area contributed by atoms with Crippen molar-refractivity contribution in [3.8, 4) is 0 Å². The molecular weight excluding hydrogens is 220 g/mol. The van der Waals surface area contributed by atoms with Gasteiger partial charge in [-0.1, -0.05) is 0 Å². The molecule has 0 bridgehead atoms. The maximum Gasteiger partial charge on any atom is 0.328 e. The Morgan fingerprint density at radius 2 is 2.35 bits per heavy atom. The van der Waals surface area contributed by atoms with Crippen LogP contribution in [-0.2, 0) is 9.53 Å². The molecule has 0 aliphatic carbocycles. The third-order valence-corrected chi connectivity index (χ3v) is 2.88. The van der Waals surface area contributed by atoms with Crippen molar-refractivity contribution >= 4 is 17.7 Å². The Labute approximate surface area is 99.8 Å². The van der Waals surface area contributed by atoms with Crippen molar-refractivity contribution in [2.45, 2.75) is 25.8 Å². The lowest BCUT2D eigenvalue weighted by molar-refractivity contribution is -0.141. The van der Waals surface area contributed by atoms with Gasteiger partial charge in [0.2, 0.25) is 5.95 Å². The molecule has 6 nitrogen and oxygen atoms in total. The number of aryl methyl sites for hydroxylation is 1. The van der Waals surface area contributed by atoms with Crippen LogP contribution in [0.25, 0.3) is 0 Å². The number of esters is 1. The summed E-state index contributed by atoms with van der Waals surface area (Å²) in [7, 11) is 1.40. The number of carbonyl (C=O) groups excluding carboxylic acids is 1. The van der Waals surface area contributed by atoms with E-state index in [2.05, 4.69) is 9.97 Å². The highest BCUT2D eigenvalue weighted by atomic mass is 16.5. The van der Waals surface area contributed by atoms with Crippen molar-refractivity contribution in [2.24, 2.45) is 0 Å². The number of hydrogen-bond acceptors (Lipinski definition) is 6. The highest BCUT2D eigenvalue weighted by Gasteiger charge is 2.32. The summed E-state index contributed by atoms with van der Waals surface area (Å²) >= 11 is 0. The fourth-order valence-corrected chi connectivity index (χ4v) is 2.14. The summed E-state index contributed by atoms with van der Waals surface area (Å²) in [6.07, 6.45) is 1.73. The molecule has 92 valence electrons. The Bertz CT molecular complexity index is 415. The number of carbonyl (C=O) groups is 1. The standard InChI is InChI=1S/C11H16N4O2/c1-7-6-9(14-11(12)13-7)15-5-3-4-8(15)10(16)17-2/h6,8H,3-5H2,1-2H3,(H2,12,13,14). The van der Waals surface area contributed by atoms with Crippen molar-refractivity contribution in [1.29, 1.82) is 0 Å². The molecule has 1 unspecified atom stereocenters. The Kier molecular flexibility index (Phi) is 3.12. The molecule has 17 heavy (non-hydrogen) atoms. The number of nitrogens with zero attached hydrogens (tertiary/aromatic N) is 3. The summed E-state index contributed by atoms with van der Waals surface area (Å²) in [4.78, 5) is 21.7. The van der Waals surface area contributed by atoms with E-state index in [4.69, 9.17) is 10.5 Å². The molecule has 0 spiro atoms. The highest BCUT2D eigenvalue weighted by Crippen LogP contribution is 2.25. The molecule has 1 aromatic heterocycles. The quantitative estimate of drug-likeness (QED) is 0.753. The molecule has 1 aromatic rings. The molecule has 0 radical (unpaired) electrons. The molecule has 2 heterocycles.